The molecule has 0 saturated carbocycles. The number of aryl methyl sites for hydroxylation is 1. The highest BCUT2D eigenvalue weighted by atomic mass is 16.2. The number of anilines is 1. The van der Waals surface area contributed by atoms with E-state index in [1.54, 1.807) is 19.2 Å². The normalized spacial score (nSPS) is 14.8. The van der Waals surface area contributed by atoms with Gasteiger partial charge >= 0.3 is 6.03 Å². The largest absolute Gasteiger partial charge is 0.348 e. The van der Waals surface area contributed by atoms with E-state index in [-0.39, 0.29) is 5.82 Å². The molecule has 3 rings (SSSR count). The third kappa shape index (κ3) is 1.76. The van der Waals surface area contributed by atoms with E-state index >= 15 is 0 Å². The zero-order valence-electron chi connectivity index (χ0n) is 10.7. The number of hydrogen-bond acceptors (Lipinski definition) is 4. The van der Waals surface area contributed by atoms with Gasteiger partial charge in [0.25, 0.3) is 5.56 Å². The molecule has 2 aromatic rings. The molecule has 0 fully saturated rings. The number of fused-ring (bicyclic) bond motifs is 1. The molecule has 1 aliphatic heterocycles. The molecule has 0 saturated heterocycles. The van der Waals surface area contributed by atoms with Gasteiger partial charge in [-0.1, -0.05) is 18.7 Å². The van der Waals surface area contributed by atoms with Gasteiger partial charge in [0.15, 0.2) is 0 Å². The van der Waals surface area contributed by atoms with E-state index < -0.39 is 11.6 Å². The van der Waals surface area contributed by atoms with Crippen molar-refractivity contribution in [1.29, 1.82) is 0 Å². The van der Waals surface area contributed by atoms with E-state index in [1.807, 2.05) is 12.1 Å². The molecular formula is C13H11N5O2. The van der Waals surface area contributed by atoms with Crippen LogP contribution in [0.15, 0.2) is 46.4 Å². The molecule has 0 spiro atoms. The topological polar surface area (TPSA) is 79.6 Å². The Kier molecular flexibility index (Phi) is 2.60. The van der Waals surface area contributed by atoms with Gasteiger partial charge in [-0.2, -0.15) is 10.1 Å². The molecule has 1 aliphatic rings. The molecule has 2 heterocycles. The smallest absolute Gasteiger partial charge is 0.307 e. The number of rotatable bonds is 1. The number of nitrogens with one attached hydrogen (secondary N) is 1. The summed E-state index contributed by atoms with van der Waals surface area (Å²) in [5.74, 6) is -0.0487. The Hall–Kier alpha value is -2.96. The van der Waals surface area contributed by atoms with E-state index in [9.17, 15) is 9.59 Å². The Labute approximate surface area is 113 Å². The number of aromatic nitrogens is 2. The van der Waals surface area contributed by atoms with Crippen LogP contribution in [0.3, 0.4) is 0 Å². The minimum Gasteiger partial charge on any atom is -0.307 e. The van der Waals surface area contributed by atoms with Crippen LogP contribution in [0, 0.1) is 0 Å². The first-order chi connectivity index (χ1) is 9.58. The summed E-state index contributed by atoms with van der Waals surface area (Å²) in [5.41, 5.74) is 1.26. The molecule has 1 aromatic carbocycles. The predicted molar refractivity (Wildman–Crippen MR) is 75.6 cm³/mol. The van der Waals surface area contributed by atoms with Crippen molar-refractivity contribution >= 4 is 29.1 Å². The third-order valence-corrected chi connectivity index (χ3v) is 2.95. The minimum atomic E-state index is -0.558. The van der Waals surface area contributed by atoms with Crippen molar-refractivity contribution in [2.24, 2.45) is 12.1 Å². The molecule has 0 radical (unpaired) electrons. The number of benzene rings is 1. The van der Waals surface area contributed by atoms with Crippen LogP contribution in [0.1, 0.15) is 0 Å². The highest BCUT2D eigenvalue weighted by molar-refractivity contribution is 6.00. The van der Waals surface area contributed by atoms with Crippen molar-refractivity contribution in [3.63, 3.8) is 0 Å². The lowest BCUT2D eigenvalue weighted by Crippen LogP contribution is -2.43. The molecule has 0 unspecified atom stereocenters. The van der Waals surface area contributed by atoms with Gasteiger partial charge in [-0.25, -0.2) is 9.78 Å². The van der Waals surface area contributed by atoms with E-state index in [1.165, 1.54) is 10.8 Å². The van der Waals surface area contributed by atoms with Crippen LogP contribution in [0.4, 0.5) is 10.6 Å². The quantitative estimate of drug-likeness (QED) is 0.837. The van der Waals surface area contributed by atoms with E-state index in [2.05, 4.69) is 22.0 Å². The molecule has 20 heavy (non-hydrogen) atoms. The molecule has 1 N–H and O–H groups in total. The van der Waals surface area contributed by atoms with Crippen molar-refractivity contribution in [1.82, 2.24) is 14.9 Å². The van der Waals surface area contributed by atoms with Gasteiger partial charge in [-0.05, 0) is 12.1 Å². The summed E-state index contributed by atoms with van der Waals surface area (Å²) in [5, 5.41) is 7.30. The van der Waals surface area contributed by atoms with E-state index in [0.717, 1.165) is 5.01 Å². The van der Waals surface area contributed by atoms with Crippen molar-refractivity contribution in [3.05, 3.63) is 46.9 Å². The maximum absolute atomic E-state index is 12.3. The van der Waals surface area contributed by atoms with Gasteiger partial charge in [0.05, 0.1) is 22.9 Å². The van der Waals surface area contributed by atoms with Crippen LogP contribution in [-0.2, 0) is 7.05 Å². The Bertz CT molecular complexity index is 821. The lowest BCUT2D eigenvalue weighted by molar-refractivity contribution is 0.248. The van der Waals surface area contributed by atoms with Crippen LogP contribution in [0.2, 0.25) is 0 Å². The summed E-state index contributed by atoms with van der Waals surface area (Å²) in [6.07, 6.45) is 1.36. The molecule has 0 bridgehead atoms. The predicted octanol–water partition coefficient (Wildman–Crippen LogP) is 0.963. The lowest BCUT2D eigenvalue weighted by atomic mass is 10.3. The maximum atomic E-state index is 12.3. The SMILES string of the molecule is C=C1C=NN(c2nc3ccccc3n(C)c2=O)C(=O)N1. The molecule has 7 nitrogen and oxygen atoms in total. The molecule has 7 heteroatoms. The molecule has 100 valence electrons. The third-order valence-electron chi connectivity index (χ3n) is 2.95. The molecule has 1 aromatic heterocycles. The molecule has 0 aliphatic carbocycles. The van der Waals surface area contributed by atoms with Gasteiger partial charge in [-0.15, -0.1) is 0 Å². The Morgan fingerprint density at radius 1 is 1.25 bits per heavy atom. The summed E-state index contributed by atoms with van der Waals surface area (Å²) >= 11 is 0. The monoisotopic (exact) mass is 269 g/mol. The van der Waals surface area contributed by atoms with Crippen molar-refractivity contribution < 1.29 is 4.79 Å². The number of carbonyl (C=O) groups is 1. The van der Waals surface area contributed by atoms with Crippen molar-refractivity contribution in [3.8, 4) is 0 Å². The summed E-state index contributed by atoms with van der Waals surface area (Å²) in [6.45, 7) is 3.57. The molecule has 2 amide bonds. The van der Waals surface area contributed by atoms with Crippen LogP contribution >= 0.6 is 0 Å². The molecule has 0 atom stereocenters. The van der Waals surface area contributed by atoms with Crippen LogP contribution in [0.25, 0.3) is 11.0 Å². The van der Waals surface area contributed by atoms with Gasteiger partial charge in [0.1, 0.15) is 0 Å². The Morgan fingerprint density at radius 2 is 2.00 bits per heavy atom. The summed E-state index contributed by atoms with van der Waals surface area (Å²) in [6, 6.07) is 6.62. The standard InChI is InChI=1S/C13H11N5O2/c1-8-7-14-18(13(20)15-8)11-12(19)17(2)10-6-4-3-5-9(10)16-11/h3-7H,1H2,2H3,(H,15,20). The fraction of sp³-hybridized carbons (Fsp3) is 0.0769. The Balaban J connectivity index is 2.25. The number of nitrogens with zero attached hydrogens (tertiary/aromatic N) is 4. The first kappa shape index (κ1) is 12.1. The summed E-state index contributed by atoms with van der Waals surface area (Å²) < 4.78 is 1.43. The second kappa shape index (κ2) is 4.30. The fourth-order valence-electron chi connectivity index (χ4n) is 1.95. The van der Waals surface area contributed by atoms with Crippen LogP contribution in [-0.4, -0.2) is 21.8 Å². The lowest BCUT2D eigenvalue weighted by Gasteiger charge is -2.20. The number of hydrazone groups is 1. The number of hydrogen-bond donors (Lipinski definition) is 1. The average Bonchev–Trinajstić information content (AvgIpc) is 2.43. The first-order valence-electron chi connectivity index (χ1n) is 5.87. The number of para-hydroxylation sites is 2. The van der Waals surface area contributed by atoms with Crippen LogP contribution < -0.4 is 15.9 Å². The van der Waals surface area contributed by atoms with E-state index in [0.29, 0.717) is 16.7 Å². The van der Waals surface area contributed by atoms with Gasteiger partial charge < -0.3 is 9.88 Å². The second-order valence-electron chi connectivity index (χ2n) is 4.30. The fourth-order valence-corrected chi connectivity index (χ4v) is 1.95. The highest BCUT2D eigenvalue weighted by Crippen LogP contribution is 2.15. The second-order valence-corrected chi connectivity index (χ2v) is 4.30. The van der Waals surface area contributed by atoms with Crippen molar-refractivity contribution in [2.75, 3.05) is 5.01 Å². The number of urea groups is 1. The molecular weight excluding hydrogens is 258 g/mol. The summed E-state index contributed by atoms with van der Waals surface area (Å²) in [4.78, 5) is 28.4. The zero-order chi connectivity index (χ0) is 14.3. The Morgan fingerprint density at radius 3 is 2.75 bits per heavy atom. The summed E-state index contributed by atoms with van der Waals surface area (Å²) in [7, 11) is 1.63. The zero-order valence-corrected chi connectivity index (χ0v) is 10.7. The van der Waals surface area contributed by atoms with Gasteiger partial charge in [0, 0.05) is 7.05 Å². The van der Waals surface area contributed by atoms with E-state index in [4.69, 9.17) is 0 Å². The van der Waals surface area contributed by atoms with Crippen molar-refractivity contribution in [2.45, 2.75) is 0 Å². The number of allylic oxidation sites excluding steroid dienone is 1. The first-order valence-corrected chi connectivity index (χ1v) is 5.87. The number of amides is 2. The maximum Gasteiger partial charge on any atom is 0.348 e. The van der Waals surface area contributed by atoms with Crippen LogP contribution in [0.5, 0.6) is 0 Å². The highest BCUT2D eigenvalue weighted by Gasteiger charge is 2.24. The number of carbonyl (C=O) groups excluding carboxylic acids is 1. The average molecular weight is 269 g/mol. The minimum absolute atomic E-state index is 0.0487. The van der Waals surface area contributed by atoms with Gasteiger partial charge in [-0.3, -0.25) is 4.79 Å². The van der Waals surface area contributed by atoms with Gasteiger partial charge in [0.2, 0.25) is 5.82 Å².